The number of aliphatic hydroxyl groups is 1. The Labute approximate surface area is 203 Å². The zero-order chi connectivity index (χ0) is 24.4. The predicted molar refractivity (Wildman–Crippen MR) is 134 cm³/mol. The van der Waals surface area contributed by atoms with Crippen LogP contribution < -0.4 is 5.32 Å². The SMILES string of the molecule is Cc1ccc(Nc2c(-c3ccc(F)cc3)nc3n2CCN(C(=O)[C@H](O)Cc2ccccc2)C3)cc1. The van der Waals surface area contributed by atoms with E-state index in [1.54, 1.807) is 17.0 Å². The van der Waals surface area contributed by atoms with Crippen LogP contribution in [0.5, 0.6) is 0 Å². The monoisotopic (exact) mass is 470 g/mol. The lowest BCUT2D eigenvalue weighted by Crippen LogP contribution is -2.44. The largest absolute Gasteiger partial charge is 0.383 e. The highest BCUT2D eigenvalue weighted by molar-refractivity contribution is 5.81. The molecular formula is C28H27FN4O2. The van der Waals surface area contributed by atoms with Crippen LogP contribution >= 0.6 is 0 Å². The van der Waals surface area contributed by atoms with Crippen molar-refractivity contribution >= 4 is 17.4 Å². The lowest BCUT2D eigenvalue weighted by molar-refractivity contribution is -0.141. The van der Waals surface area contributed by atoms with Crippen molar-refractivity contribution in [2.24, 2.45) is 0 Å². The molecule has 1 aliphatic rings. The van der Waals surface area contributed by atoms with E-state index in [4.69, 9.17) is 4.98 Å². The van der Waals surface area contributed by atoms with E-state index in [0.717, 1.165) is 28.2 Å². The minimum absolute atomic E-state index is 0.270. The maximum Gasteiger partial charge on any atom is 0.252 e. The van der Waals surface area contributed by atoms with Crippen molar-refractivity contribution in [1.82, 2.24) is 14.5 Å². The van der Waals surface area contributed by atoms with E-state index in [0.29, 0.717) is 24.6 Å². The third-order valence-electron chi connectivity index (χ3n) is 6.27. The van der Waals surface area contributed by atoms with Gasteiger partial charge in [-0.25, -0.2) is 9.37 Å². The second kappa shape index (κ2) is 9.72. The molecule has 2 heterocycles. The van der Waals surface area contributed by atoms with Crippen molar-refractivity contribution < 1.29 is 14.3 Å². The Morgan fingerprint density at radius 1 is 1.03 bits per heavy atom. The average molecular weight is 471 g/mol. The van der Waals surface area contributed by atoms with Gasteiger partial charge in [0.2, 0.25) is 0 Å². The van der Waals surface area contributed by atoms with Gasteiger partial charge >= 0.3 is 0 Å². The van der Waals surface area contributed by atoms with Crippen LogP contribution in [0.15, 0.2) is 78.9 Å². The Kier molecular flexibility index (Phi) is 6.33. The summed E-state index contributed by atoms with van der Waals surface area (Å²) in [6, 6.07) is 23.8. The minimum Gasteiger partial charge on any atom is -0.383 e. The Morgan fingerprint density at radius 3 is 2.46 bits per heavy atom. The molecule has 5 rings (SSSR count). The zero-order valence-electron chi connectivity index (χ0n) is 19.5. The summed E-state index contributed by atoms with van der Waals surface area (Å²) in [6.45, 7) is 3.31. The van der Waals surface area contributed by atoms with Crippen LogP contribution in [0.2, 0.25) is 0 Å². The topological polar surface area (TPSA) is 70.4 Å². The Bertz CT molecular complexity index is 1320. The zero-order valence-corrected chi connectivity index (χ0v) is 19.5. The second-order valence-electron chi connectivity index (χ2n) is 8.84. The van der Waals surface area contributed by atoms with Crippen LogP contribution in [0.25, 0.3) is 11.3 Å². The van der Waals surface area contributed by atoms with Crippen LogP contribution in [-0.2, 0) is 24.3 Å². The number of nitrogens with zero attached hydrogens (tertiary/aromatic N) is 3. The summed E-state index contributed by atoms with van der Waals surface area (Å²) in [5.41, 5.74) is 4.46. The van der Waals surface area contributed by atoms with Gasteiger partial charge in [0, 0.05) is 30.8 Å². The average Bonchev–Trinajstić information content (AvgIpc) is 3.23. The number of anilines is 2. The smallest absolute Gasteiger partial charge is 0.252 e. The highest BCUT2D eigenvalue weighted by Gasteiger charge is 2.30. The normalized spacial score (nSPS) is 13.9. The van der Waals surface area contributed by atoms with Gasteiger partial charge in [-0.2, -0.15) is 0 Å². The number of benzene rings is 3. The van der Waals surface area contributed by atoms with Gasteiger partial charge < -0.3 is 19.9 Å². The van der Waals surface area contributed by atoms with E-state index in [1.807, 2.05) is 61.5 Å². The molecule has 7 heteroatoms. The minimum atomic E-state index is -1.11. The van der Waals surface area contributed by atoms with Crippen molar-refractivity contribution in [3.63, 3.8) is 0 Å². The number of imidazole rings is 1. The lowest BCUT2D eigenvalue weighted by atomic mass is 10.1. The van der Waals surface area contributed by atoms with Gasteiger partial charge in [0.1, 0.15) is 29.3 Å². The molecule has 0 saturated heterocycles. The highest BCUT2D eigenvalue weighted by Crippen LogP contribution is 2.33. The number of hydrogen-bond donors (Lipinski definition) is 2. The third-order valence-corrected chi connectivity index (χ3v) is 6.27. The van der Waals surface area contributed by atoms with Crippen LogP contribution in [0.3, 0.4) is 0 Å². The maximum absolute atomic E-state index is 13.6. The summed E-state index contributed by atoms with van der Waals surface area (Å²) in [5.74, 6) is 0.896. The van der Waals surface area contributed by atoms with E-state index < -0.39 is 6.10 Å². The summed E-state index contributed by atoms with van der Waals surface area (Å²) in [4.78, 5) is 19.5. The number of fused-ring (bicyclic) bond motifs is 1. The number of aryl methyl sites for hydroxylation is 1. The van der Waals surface area contributed by atoms with Crippen LogP contribution in [0.1, 0.15) is 17.0 Å². The van der Waals surface area contributed by atoms with Gasteiger partial charge in [-0.3, -0.25) is 4.79 Å². The third kappa shape index (κ3) is 4.95. The van der Waals surface area contributed by atoms with Gasteiger partial charge in [0.25, 0.3) is 5.91 Å². The first-order chi connectivity index (χ1) is 17.0. The summed E-state index contributed by atoms with van der Waals surface area (Å²) in [7, 11) is 0. The molecule has 0 bridgehead atoms. The van der Waals surface area contributed by atoms with Crippen LogP contribution in [0, 0.1) is 12.7 Å². The van der Waals surface area contributed by atoms with Gasteiger partial charge in [-0.05, 0) is 48.9 Å². The van der Waals surface area contributed by atoms with Crippen LogP contribution in [-0.4, -0.2) is 38.1 Å². The molecule has 4 aromatic rings. The summed E-state index contributed by atoms with van der Waals surface area (Å²) >= 11 is 0. The van der Waals surface area contributed by atoms with E-state index in [2.05, 4.69) is 9.88 Å². The molecule has 1 aromatic heterocycles. The fraction of sp³-hybridized carbons (Fsp3) is 0.214. The van der Waals surface area contributed by atoms with Crippen molar-refractivity contribution in [3.05, 3.63) is 102 Å². The predicted octanol–water partition coefficient (Wildman–Crippen LogP) is 4.69. The molecule has 1 amide bonds. The van der Waals surface area contributed by atoms with Gasteiger partial charge in [-0.15, -0.1) is 0 Å². The standard InChI is InChI=1S/C28H27FN4O2/c1-19-7-13-23(14-8-19)30-27-26(21-9-11-22(29)12-10-21)31-25-18-32(15-16-33(25)27)28(35)24(34)17-20-5-3-2-4-6-20/h2-14,24,30,34H,15-18H2,1H3/t24-/m1/s1. The first-order valence-corrected chi connectivity index (χ1v) is 11.7. The molecular weight excluding hydrogens is 443 g/mol. The number of aromatic nitrogens is 2. The molecule has 3 aromatic carbocycles. The quantitative estimate of drug-likeness (QED) is 0.429. The molecule has 0 spiro atoms. The van der Waals surface area contributed by atoms with Gasteiger partial charge in [-0.1, -0.05) is 48.0 Å². The van der Waals surface area contributed by atoms with E-state index in [9.17, 15) is 14.3 Å². The maximum atomic E-state index is 13.6. The summed E-state index contributed by atoms with van der Waals surface area (Å²) in [5, 5.41) is 14.1. The molecule has 0 unspecified atom stereocenters. The molecule has 0 fully saturated rings. The lowest BCUT2D eigenvalue weighted by Gasteiger charge is -2.30. The van der Waals surface area contributed by atoms with Crippen molar-refractivity contribution in [3.8, 4) is 11.3 Å². The van der Waals surface area contributed by atoms with E-state index >= 15 is 0 Å². The molecule has 1 aliphatic heterocycles. The number of carbonyl (C=O) groups is 1. The Morgan fingerprint density at radius 2 is 1.74 bits per heavy atom. The first kappa shape index (κ1) is 22.8. The molecule has 178 valence electrons. The van der Waals surface area contributed by atoms with Crippen molar-refractivity contribution in [2.75, 3.05) is 11.9 Å². The fourth-order valence-electron chi connectivity index (χ4n) is 4.36. The number of halogens is 1. The fourth-order valence-corrected chi connectivity index (χ4v) is 4.36. The Hall–Kier alpha value is -3.97. The number of carbonyl (C=O) groups excluding carboxylic acids is 1. The number of nitrogens with one attached hydrogen (secondary N) is 1. The van der Waals surface area contributed by atoms with Gasteiger partial charge in [0.05, 0.1) is 6.54 Å². The number of rotatable bonds is 6. The molecule has 35 heavy (non-hydrogen) atoms. The van der Waals surface area contributed by atoms with E-state index in [1.165, 1.54) is 12.1 Å². The molecule has 2 N–H and O–H groups in total. The van der Waals surface area contributed by atoms with Crippen LogP contribution in [0.4, 0.5) is 15.9 Å². The molecule has 0 aliphatic carbocycles. The van der Waals surface area contributed by atoms with Crippen molar-refractivity contribution in [1.29, 1.82) is 0 Å². The highest BCUT2D eigenvalue weighted by atomic mass is 19.1. The number of hydrogen-bond acceptors (Lipinski definition) is 4. The summed E-state index contributed by atoms with van der Waals surface area (Å²) < 4.78 is 15.6. The molecule has 6 nitrogen and oxygen atoms in total. The molecule has 0 radical (unpaired) electrons. The number of aliphatic hydroxyl groups excluding tert-OH is 1. The number of amides is 1. The van der Waals surface area contributed by atoms with Gasteiger partial charge in [0.15, 0.2) is 0 Å². The molecule has 1 atom stereocenters. The molecule has 0 saturated carbocycles. The second-order valence-corrected chi connectivity index (χ2v) is 8.84. The Balaban J connectivity index is 1.42. The van der Waals surface area contributed by atoms with E-state index in [-0.39, 0.29) is 24.7 Å². The summed E-state index contributed by atoms with van der Waals surface area (Å²) in [6.07, 6.45) is -0.841. The first-order valence-electron chi connectivity index (χ1n) is 11.7. The van der Waals surface area contributed by atoms with Crippen molar-refractivity contribution in [2.45, 2.75) is 32.5 Å².